The molecule has 0 atom stereocenters. The van der Waals surface area contributed by atoms with Crippen LogP contribution < -0.4 is 4.74 Å². The summed E-state index contributed by atoms with van der Waals surface area (Å²) in [6.07, 6.45) is 0.123. The lowest BCUT2D eigenvalue weighted by molar-refractivity contribution is 0.103. The molecule has 0 saturated heterocycles. The minimum absolute atomic E-state index is 0.0110. The van der Waals surface area contributed by atoms with Crippen LogP contribution in [0.3, 0.4) is 0 Å². The van der Waals surface area contributed by atoms with Crippen LogP contribution in [0, 0.1) is 0 Å². The van der Waals surface area contributed by atoms with Gasteiger partial charge in [0.1, 0.15) is 5.75 Å². The Bertz CT molecular complexity index is 599. The third kappa shape index (κ3) is 3.93. The van der Waals surface area contributed by atoms with E-state index in [0.29, 0.717) is 11.1 Å². The molecule has 0 radical (unpaired) electrons. The number of hydrogen-bond donors (Lipinski definition) is 0. The molecular weight excluding hydrogens is 384 g/mol. The van der Waals surface area contributed by atoms with Crippen molar-refractivity contribution in [2.24, 2.45) is 0 Å². The maximum Gasteiger partial charge on any atom is 0.193 e. The first kappa shape index (κ1) is 15.3. The molecule has 0 amide bonds. The lowest BCUT2D eigenvalue weighted by Crippen LogP contribution is -2.06. The van der Waals surface area contributed by atoms with Crippen molar-refractivity contribution in [3.8, 4) is 5.75 Å². The van der Waals surface area contributed by atoms with Gasteiger partial charge in [-0.1, -0.05) is 31.9 Å². The first-order chi connectivity index (χ1) is 9.45. The van der Waals surface area contributed by atoms with Crippen molar-refractivity contribution >= 4 is 37.6 Å². The SMILES string of the molecule is CC(C)Oc1ccc(C(=O)c2cc(Br)cc(Br)c2)cc1. The van der Waals surface area contributed by atoms with E-state index >= 15 is 0 Å². The fraction of sp³-hybridized carbons (Fsp3) is 0.188. The molecule has 0 heterocycles. The highest BCUT2D eigenvalue weighted by Gasteiger charge is 2.11. The van der Waals surface area contributed by atoms with Crippen LogP contribution in [0.15, 0.2) is 51.4 Å². The summed E-state index contributed by atoms with van der Waals surface area (Å²) in [7, 11) is 0. The Labute approximate surface area is 135 Å². The van der Waals surface area contributed by atoms with E-state index in [1.807, 2.05) is 44.2 Å². The van der Waals surface area contributed by atoms with Crippen molar-refractivity contribution in [1.29, 1.82) is 0 Å². The molecule has 0 aromatic heterocycles. The second kappa shape index (κ2) is 6.55. The number of hydrogen-bond acceptors (Lipinski definition) is 2. The van der Waals surface area contributed by atoms with Crippen molar-refractivity contribution in [3.63, 3.8) is 0 Å². The summed E-state index contributed by atoms with van der Waals surface area (Å²) in [6.45, 7) is 3.94. The van der Waals surface area contributed by atoms with Crippen LogP contribution in [0.25, 0.3) is 0 Å². The lowest BCUT2D eigenvalue weighted by atomic mass is 10.0. The van der Waals surface area contributed by atoms with Gasteiger partial charge in [0, 0.05) is 20.1 Å². The van der Waals surface area contributed by atoms with Crippen LogP contribution in [-0.2, 0) is 0 Å². The standard InChI is InChI=1S/C16H14Br2O2/c1-10(2)20-15-5-3-11(4-6-15)16(19)12-7-13(17)9-14(18)8-12/h3-10H,1-2H3. The molecule has 2 rings (SSSR count). The Morgan fingerprint density at radius 2 is 1.50 bits per heavy atom. The summed E-state index contributed by atoms with van der Waals surface area (Å²) in [5, 5.41) is 0. The van der Waals surface area contributed by atoms with Crippen molar-refractivity contribution in [3.05, 3.63) is 62.5 Å². The normalized spacial score (nSPS) is 10.7. The van der Waals surface area contributed by atoms with E-state index in [1.165, 1.54) is 0 Å². The van der Waals surface area contributed by atoms with Gasteiger partial charge >= 0.3 is 0 Å². The summed E-state index contributed by atoms with van der Waals surface area (Å²) < 4.78 is 7.31. The molecule has 2 aromatic rings. The molecule has 0 unspecified atom stereocenters. The van der Waals surface area contributed by atoms with E-state index in [0.717, 1.165) is 14.7 Å². The smallest absolute Gasteiger partial charge is 0.193 e. The maximum absolute atomic E-state index is 12.4. The van der Waals surface area contributed by atoms with Gasteiger partial charge in [-0.25, -0.2) is 0 Å². The Morgan fingerprint density at radius 1 is 0.950 bits per heavy atom. The number of rotatable bonds is 4. The largest absolute Gasteiger partial charge is 0.491 e. The number of benzene rings is 2. The van der Waals surface area contributed by atoms with Gasteiger partial charge in [0.25, 0.3) is 0 Å². The zero-order valence-corrected chi connectivity index (χ0v) is 14.4. The molecular formula is C16H14Br2O2. The second-order valence-corrected chi connectivity index (χ2v) is 6.51. The van der Waals surface area contributed by atoms with Gasteiger partial charge in [0.05, 0.1) is 6.10 Å². The molecule has 0 bridgehead atoms. The highest BCUT2D eigenvalue weighted by Crippen LogP contribution is 2.23. The van der Waals surface area contributed by atoms with E-state index < -0.39 is 0 Å². The number of ether oxygens (including phenoxy) is 1. The van der Waals surface area contributed by atoms with Gasteiger partial charge in [0.15, 0.2) is 5.78 Å². The molecule has 2 nitrogen and oxygen atoms in total. The highest BCUT2D eigenvalue weighted by atomic mass is 79.9. The summed E-state index contributed by atoms with van der Waals surface area (Å²) in [5.74, 6) is 0.759. The predicted molar refractivity (Wildman–Crippen MR) is 87.5 cm³/mol. The Kier molecular flexibility index (Phi) is 5.00. The molecule has 0 aliphatic rings. The predicted octanol–water partition coefficient (Wildman–Crippen LogP) is 5.23. The third-order valence-corrected chi connectivity index (χ3v) is 3.53. The maximum atomic E-state index is 12.4. The molecule has 0 aliphatic heterocycles. The molecule has 0 aliphatic carbocycles. The summed E-state index contributed by atoms with van der Waals surface area (Å²) in [4.78, 5) is 12.4. The van der Waals surface area contributed by atoms with Crippen molar-refractivity contribution < 1.29 is 9.53 Å². The van der Waals surface area contributed by atoms with E-state index in [4.69, 9.17) is 4.74 Å². The lowest BCUT2D eigenvalue weighted by Gasteiger charge is -2.10. The van der Waals surface area contributed by atoms with E-state index in [1.54, 1.807) is 12.1 Å². The first-order valence-electron chi connectivity index (χ1n) is 6.23. The van der Waals surface area contributed by atoms with E-state index in [2.05, 4.69) is 31.9 Å². The second-order valence-electron chi connectivity index (χ2n) is 4.68. The average Bonchev–Trinajstić information content (AvgIpc) is 2.37. The van der Waals surface area contributed by atoms with Crippen LogP contribution in [0.2, 0.25) is 0 Å². The topological polar surface area (TPSA) is 26.3 Å². The van der Waals surface area contributed by atoms with Gasteiger partial charge in [-0.2, -0.15) is 0 Å². The Balaban J connectivity index is 2.24. The van der Waals surface area contributed by atoms with Crippen molar-refractivity contribution in [2.45, 2.75) is 20.0 Å². The molecule has 2 aromatic carbocycles. The van der Waals surface area contributed by atoms with Crippen LogP contribution in [0.1, 0.15) is 29.8 Å². The first-order valence-corrected chi connectivity index (χ1v) is 7.82. The van der Waals surface area contributed by atoms with Gasteiger partial charge < -0.3 is 4.74 Å². The zero-order chi connectivity index (χ0) is 14.7. The molecule has 0 spiro atoms. The zero-order valence-electron chi connectivity index (χ0n) is 11.2. The molecule has 0 saturated carbocycles. The molecule has 0 N–H and O–H groups in total. The van der Waals surface area contributed by atoms with Crippen LogP contribution in [0.4, 0.5) is 0 Å². The molecule has 0 fully saturated rings. The third-order valence-electron chi connectivity index (χ3n) is 2.61. The van der Waals surface area contributed by atoms with Gasteiger partial charge in [-0.3, -0.25) is 4.79 Å². The molecule has 4 heteroatoms. The Morgan fingerprint density at radius 3 is 2.00 bits per heavy atom. The highest BCUT2D eigenvalue weighted by molar-refractivity contribution is 9.11. The summed E-state index contributed by atoms with van der Waals surface area (Å²) >= 11 is 6.78. The van der Waals surface area contributed by atoms with Gasteiger partial charge in [0.2, 0.25) is 0 Å². The van der Waals surface area contributed by atoms with Crippen LogP contribution in [-0.4, -0.2) is 11.9 Å². The van der Waals surface area contributed by atoms with E-state index in [-0.39, 0.29) is 11.9 Å². The molecule has 20 heavy (non-hydrogen) atoms. The summed E-state index contributed by atoms with van der Waals surface area (Å²) in [5.41, 5.74) is 1.29. The minimum Gasteiger partial charge on any atom is -0.491 e. The quantitative estimate of drug-likeness (QED) is 0.660. The van der Waals surface area contributed by atoms with Crippen molar-refractivity contribution in [2.75, 3.05) is 0 Å². The number of ketones is 1. The Hall–Kier alpha value is -1.13. The minimum atomic E-state index is -0.0110. The molecule has 104 valence electrons. The van der Waals surface area contributed by atoms with E-state index in [9.17, 15) is 4.79 Å². The number of halogens is 2. The summed E-state index contributed by atoms with van der Waals surface area (Å²) in [6, 6.07) is 12.7. The number of carbonyl (C=O) groups is 1. The van der Waals surface area contributed by atoms with Crippen molar-refractivity contribution in [1.82, 2.24) is 0 Å². The van der Waals surface area contributed by atoms with Gasteiger partial charge in [-0.05, 0) is 56.3 Å². The fourth-order valence-electron chi connectivity index (χ4n) is 1.81. The van der Waals surface area contributed by atoms with Crippen LogP contribution in [0.5, 0.6) is 5.75 Å². The van der Waals surface area contributed by atoms with Crippen LogP contribution >= 0.6 is 31.9 Å². The number of carbonyl (C=O) groups excluding carboxylic acids is 1. The average molecular weight is 398 g/mol. The van der Waals surface area contributed by atoms with Gasteiger partial charge in [-0.15, -0.1) is 0 Å². The fourth-order valence-corrected chi connectivity index (χ4v) is 3.10. The monoisotopic (exact) mass is 396 g/mol.